The van der Waals surface area contributed by atoms with Gasteiger partial charge in [0.2, 0.25) is 15.9 Å². The summed E-state index contributed by atoms with van der Waals surface area (Å²) in [6.45, 7) is 3.46. The molecule has 1 N–H and O–H groups in total. The molecule has 0 spiro atoms. The molecule has 0 heterocycles. The predicted octanol–water partition coefficient (Wildman–Crippen LogP) is 2.80. The van der Waals surface area contributed by atoms with Gasteiger partial charge in [-0.05, 0) is 38.1 Å². The van der Waals surface area contributed by atoms with Crippen LogP contribution in [0.1, 0.15) is 12.5 Å². The molecule has 0 saturated carbocycles. The van der Waals surface area contributed by atoms with Crippen LogP contribution in [-0.2, 0) is 14.8 Å². The minimum atomic E-state index is -3.63. The van der Waals surface area contributed by atoms with Crippen LogP contribution in [0.5, 0.6) is 5.75 Å². The summed E-state index contributed by atoms with van der Waals surface area (Å²) in [5.41, 5.74) is 1.99. The highest BCUT2D eigenvalue weighted by Crippen LogP contribution is 2.23. The first-order valence-corrected chi connectivity index (χ1v) is 9.58. The number of hydrogen-bond acceptors (Lipinski definition) is 4. The fourth-order valence-electron chi connectivity index (χ4n) is 2.45. The topological polar surface area (TPSA) is 75.7 Å². The molecule has 0 saturated heterocycles. The molecular weight excluding hydrogens is 340 g/mol. The number of methoxy groups -OCH3 is 1. The highest BCUT2D eigenvalue weighted by Gasteiger charge is 2.29. The van der Waals surface area contributed by atoms with Gasteiger partial charge in [-0.25, -0.2) is 8.42 Å². The van der Waals surface area contributed by atoms with Gasteiger partial charge in [-0.1, -0.05) is 23.8 Å². The molecule has 25 heavy (non-hydrogen) atoms. The molecule has 6 nitrogen and oxygen atoms in total. The molecule has 0 aliphatic heterocycles. The van der Waals surface area contributed by atoms with Gasteiger partial charge < -0.3 is 10.1 Å². The molecule has 2 aromatic rings. The summed E-state index contributed by atoms with van der Waals surface area (Å²) in [6.07, 6.45) is 1.09. The molecule has 0 fully saturated rings. The van der Waals surface area contributed by atoms with Crippen molar-refractivity contribution in [3.8, 4) is 5.75 Å². The second-order valence-corrected chi connectivity index (χ2v) is 7.65. The van der Waals surface area contributed by atoms with Crippen molar-refractivity contribution in [1.29, 1.82) is 0 Å². The number of rotatable bonds is 6. The zero-order chi connectivity index (χ0) is 18.6. The lowest BCUT2D eigenvalue weighted by Crippen LogP contribution is -2.45. The first kappa shape index (κ1) is 18.8. The normalized spacial score (nSPS) is 12.3. The van der Waals surface area contributed by atoms with Crippen LogP contribution in [0.2, 0.25) is 0 Å². The van der Waals surface area contributed by atoms with E-state index in [1.807, 2.05) is 6.92 Å². The Hall–Kier alpha value is -2.54. The smallest absolute Gasteiger partial charge is 0.247 e. The molecule has 1 atom stereocenters. The van der Waals surface area contributed by atoms with Crippen molar-refractivity contribution in [3.63, 3.8) is 0 Å². The van der Waals surface area contributed by atoms with Gasteiger partial charge in [0.15, 0.2) is 0 Å². The quantitative estimate of drug-likeness (QED) is 0.857. The molecule has 0 aliphatic carbocycles. The Kier molecular flexibility index (Phi) is 5.69. The maximum atomic E-state index is 12.6. The third kappa shape index (κ3) is 4.73. The van der Waals surface area contributed by atoms with Crippen molar-refractivity contribution in [1.82, 2.24) is 0 Å². The summed E-state index contributed by atoms with van der Waals surface area (Å²) in [5.74, 6) is 0.170. The van der Waals surface area contributed by atoms with Crippen molar-refractivity contribution in [3.05, 3.63) is 54.1 Å². The van der Waals surface area contributed by atoms with Gasteiger partial charge in [-0.3, -0.25) is 9.10 Å². The maximum Gasteiger partial charge on any atom is 0.247 e. The summed E-state index contributed by atoms with van der Waals surface area (Å²) in [5, 5.41) is 2.73. The van der Waals surface area contributed by atoms with Gasteiger partial charge in [0.1, 0.15) is 11.8 Å². The average molecular weight is 362 g/mol. The second-order valence-electron chi connectivity index (χ2n) is 5.79. The maximum absolute atomic E-state index is 12.6. The summed E-state index contributed by atoms with van der Waals surface area (Å²) < 4.78 is 30.7. The highest BCUT2D eigenvalue weighted by atomic mass is 32.2. The van der Waals surface area contributed by atoms with Crippen molar-refractivity contribution in [2.45, 2.75) is 19.9 Å². The molecule has 0 radical (unpaired) electrons. The summed E-state index contributed by atoms with van der Waals surface area (Å²) in [6, 6.07) is 13.0. The number of anilines is 2. The number of hydrogen-bond donors (Lipinski definition) is 1. The first-order valence-electron chi connectivity index (χ1n) is 7.73. The van der Waals surface area contributed by atoms with Gasteiger partial charge >= 0.3 is 0 Å². The zero-order valence-electron chi connectivity index (χ0n) is 14.7. The molecule has 0 aliphatic rings. The molecule has 134 valence electrons. The number of carbonyl (C=O) groups excluding carboxylic acids is 1. The Morgan fingerprint density at radius 1 is 1.16 bits per heavy atom. The molecule has 2 aromatic carbocycles. The van der Waals surface area contributed by atoms with E-state index in [2.05, 4.69) is 5.32 Å². The molecule has 2 rings (SSSR count). The van der Waals surface area contributed by atoms with E-state index in [0.717, 1.165) is 16.1 Å². The molecule has 7 heteroatoms. The SMILES string of the molecule is COc1cccc(NC(=O)[C@@H](C)N(c2ccc(C)cc2)S(C)(=O)=O)c1. The van der Waals surface area contributed by atoms with E-state index < -0.39 is 22.0 Å². The molecule has 1 amide bonds. The largest absolute Gasteiger partial charge is 0.497 e. The fraction of sp³-hybridized carbons (Fsp3) is 0.278. The fourth-order valence-corrected chi connectivity index (χ4v) is 3.62. The third-order valence-corrected chi connectivity index (χ3v) is 4.96. The molecular formula is C18H22N2O4S. The van der Waals surface area contributed by atoms with Crippen molar-refractivity contribution in [2.24, 2.45) is 0 Å². The van der Waals surface area contributed by atoms with Crippen molar-refractivity contribution < 1.29 is 17.9 Å². The van der Waals surface area contributed by atoms with Crippen molar-refractivity contribution in [2.75, 3.05) is 23.0 Å². The van der Waals surface area contributed by atoms with Crippen LogP contribution in [0.4, 0.5) is 11.4 Å². The summed E-state index contributed by atoms with van der Waals surface area (Å²) in [4.78, 5) is 12.6. The second kappa shape index (κ2) is 7.57. The standard InChI is InChI=1S/C18H22N2O4S/c1-13-8-10-16(11-9-13)20(25(4,22)23)14(2)18(21)19-15-6-5-7-17(12-15)24-3/h5-12,14H,1-4H3,(H,19,21)/t14-/m1/s1. The highest BCUT2D eigenvalue weighted by molar-refractivity contribution is 7.92. The van der Waals surface area contributed by atoms with Crippen LogP contribution < -0.4 is 14.4 Å². The van der Waals surface area contributed by atoms with Gasteiger partial charge in [0.25, 0.3) is 0 Å². The molecule has 0 bridgehead atoms. The minimum absolute atomic E-state index is 0.431. The van der Waals surface area contributed by atoms with E-state index in [0.29, 0.717) is 17.1 Å². The van der Waals surface area contributed by atoms with Gasteiger partial charge in [-0.2, -0.15) is 0 Å². The lowest BCUT2D eigenvalue weighted by molar-refractivity contribution is -0.116. The van der Waals surface area contributed by atoms with Crippen LogP contribution in [0.15, 0.2) is 48.5 Å². The van der Waals surface area contributed by atoms with Crippen LogP contribution in [0.3, 0.4) is 0 Å². The number of benzene rings is 2. The van der Waals surface area contributed by atoms with Crippen LogP contribution in [-0.4, -0.2) is 33.7 Å². The number of nitrogens with one attached hydrogen (secondary N) is 1. The number of ether oxygens (including phenoxy) is 1. The van der Waals surface area contributed by atoms with Gasteiger partial charge in [-0.15, -0.1) is 0 Å². The number of aryl methyl sites for hydroxylation is 1. The van der Waals surface area contributed by atoms with E-state index in [4.69, 9.17) is 4.74 Å². The summed E-state index contributed by atoms with van der Waals surface area (Å²) >= 11 is 0. The van der Waals surface area contributed by atoms with E-state index >= 15 is 0 Å². The van der Waals surface area contributed by atoms with E-state index in [9.17, 15) is 13.2 Å². The lowest BCUT2D eigenvalue weighted by atomic mass is 10.2. The van der Waals surface area contributed by atoms with E-state index in [1.54, 1.807) is 55.5 Å². The van der Waals surface area contributed by atoms with E-state index in [1.165, 1.54) is 7.11 Å². The van der Waals surface area contributed by atoms with Gasteiger partial charge in [0, 0.05) is 11.8 Å². The third-order valence-electron chi connectivity index (χ3n) is 3.71. The van der Waals surface area contributed by atoms with Gasteiger partial charge in [0.05, 0.1) is 19.1 Å². The Morgan fingerprint density at radius 3 is 2.36 bits per heavy atom. The number of sulfonamides is 1. The first-order chi connectivity index (χ1) is 11.7. The summed E-state index contributed by atoms with van der Waals surface area (Å²) in [7, 11) is -2.10. The van der Waals surface area contributed by atoms with Crippen LogP contribution in [0, 0.1) is 6.92 Å². The Balaban J connectivity index is 2.28. The predicted molar refractivity (Wildman–Crippen MR) is 99.6 cm³/mol. The Morgan fingerprint density at radius 2 is 1.80 bits per heavy atom. The number of nitrogens with zero attached hydrogens (tertiary/aromatic N) is 1. The van der Waals surface area contributed by atoms with Crippen molar-refractivity contribution >= 4 is 27.3 Å². The average Bonchev–Trinajstić information content (AvgIpc) is 2.55. The molecule has 0 unspecified atom stereocenters. The minimum Gasteiger partial charge on any atom is -0.497 e. The lowest BCUT2D eigenvalue weighted by Gasteiger charge is -2.28. The van der Waals surface area contributed by atoms with Crippen LogP contribution >= 0.6 is 0 Å². The zero-order valence-corrected chi connectivity index (χ0v) is 15.5. The number of carbonyl (C=O) groups is 1. The monoisotopic (exact) mass is 362 g/mol. The Bertz CT molecular complexity index is 848. The van der Waals surface area contributed by atoms with E-state index in [-0.39, 0.29) is 0 Å². The Labute approximate surface area is 148 Å². The number of amides is 1. The molecule has 0 aromatic heterocycles. The van der Waals surface area contributed by atoms with Crippen LogP contribution in [0.25, 0.3) is 0 Å².